The number of hydrogen-bond acceptors (Lipinski definition) is 6. The fourth-order valence-corrected chi connectivity index (χ4v) is 2.41. The molecule has 2 rings (SSSR count). The van der Waals surface area contributed by atoms with Crippen molar-refractivity contribution in [3.8, 4) is 0 Å². The zero-order chi connectivity index (χ0) is 17.4. The van der Waals surface area contributed by atoms with Crippen molar-refractivity contribution in [3.63, 3.8) is 0 Å². The first-order valence-electron chi connectivity index (χ1n) is 6.95. The number of hydrogen-bond donors (Lipinski definition) is 1. The minimum absolute atomic E-state index is 0.220. The lowest BCUT2D eigenvalue weighted by Gasteiger charge is -2.09. The zero-order valence-electron chi connectivity index (χ0n) is 12.9. The highest BCUT2D eigenvalue weighted by molar-refractivity contribution is 7.10. The first-order chi connectivity index (χ1) is 11.6. The molecule has 7 heteroatoms. The van der Waals surface area contributed by atoms with E-state index < -0.39 is 24.5 Å². The van der Waals surface area contributed by atoms with Gasteiger partial charge in [-0.15, -0.1) is 11.3 Å². The summed E-state index contributed by atoms with van der Waals surface area (Å²) in [5, 5.41) is 4.40. The predicted molar refractivity (Wildman–Crippen MR) is 90.7 cm³/mol. The number of carbonyl (C=O) groups excluding carboxylic acids is 3. The van der Waals surface area contributed by atoms with Crippen LogP contribution in [0.2, 0.25) is 0 Å². The third-order valence-corrected chi connectivity index (χ3v) is 3.72. The minimum atomic E-state index is -0.625. The van der Waals surface area contributed by atoms with Gasteiger partial charge in [0.1, 0.15) is 0 Å². The molecule has 6 nitrogen and oxygen atoms in total. The number of para-hydroxylation sites is 1. The van der Waals surface area contributed by atoms with E-state index in [0.29, 0.717) is 5.69 Å². The lowest BCUT2D eigenvalue weighted by Crippen LogP contribution is -2.21. The maximum Gasteiger partial charge on any atom is 0.339 e. The summed E-state index contributed by atoms with van der Waals surface area (Å²) in [7, 11) is 1.25. The van der Waals surface area contributed by atoms with Crippen LogP contribution in [0, 0.1) is 0 Å². The minimum Gasteiger partial charge on any atom is -0.465 e. The molecule has 24 heavy (non-hydrogen) atoms. The van der Waals surface area contributed by atoms with Gasteiger partial charge in [-0.3, -0.25) is 4.79 Å². The SMILES string of the molecule is COC(=O)c1ccccc1NC(=O)COC(=O)/C=C/c1cccs1. The van der Waals surface area contributed by atoms with Gasteiger partial charge in [0.25, 0.3) is 5.91 Å². The van der Waals surface area contributed by atoms with Crippen LogP contribution < -0.4 is 5.32 Å². The van der Waals surface area contributed by atoms with Crippen LogP contribution in [-0.4, -0.2) is 31.6 Å². The Balaban J connectivity index is 1.87. The summed E-state index contributed by atoms with van der Waals surface area (Å²) < 4.78 is 9.49. The first kappa shape index (κ1) is 17.4. The Labute approximate surface area is 142 Å². The molecule has 0 atom stereocenters. The van der Waals surface area contributed by atoms with Crippen LogP contribution in [-0.2, 0) is 19.1 Å². The van der Waals surface area contributed by atoms with Crippen molar-refractivity contribution in [2.75, 3.05) is 19.0 Å². The molecule has 0 aliphatic rings. The van der Waals surface area contributed by atoms with E-state index in [-0.39, 0.29) is 5.56 Å². The van der Waals surface area contributed by atoms with Gasteiger partial charge in [0.05, 0.1) is 18.4 Å². The van der Waals surface area contributed by atoms with Gasteiger partial charge in [0.15, 0.2) is 6.61 Å². The van der Waals surface area contributed by atoms with Crippen molar-refractivity contribution in [3.05, 3.63) is 58.3 Å². The average molecular weight is 345 g/mol. The maximum absolute atomic E-state index is 11.9. The molecule has 0 saturated heterocycles. The molecule has 1 amide bonds. The van der Waals surface area contributed by atoms with E-state index in [9.17, 15) is 14.4 Å². The molecule has 0 spiro atoms. The topological polar surface area (TPSA) is 81.7 Å². The molecule has 0 unspecified atom stereocenters. The number of benzene rings is 1. The molecule has 1 aromatic carbocycles. The van der Waals surface area contributed by atoms with E-state index in [1.54, 1.807) is 24.3 Å². The zero-order valence-corrected chi connectivity index (χ0v) is 13.7. The fourth-order valence-electron chi connectivity index (χ4n) is 1.79. The molecule has 0 aliphatic heterocycles. The summed E-state index contributed by atoms with van der Waals surface area (Å²) in [4.78, 5) is 35.9. The van der Waals surface area contributed by atoms with Crippen LogP contribution in [0.5, 0.6) is 0 Å². The maximum atomic E-state index is 11.9. The number of carbonyl (C=O) groups is 3. The second kappa shape index (κ2) is 8.64. The van der Waals surface area contributed by atoms with E-state index in [1.165, 1.54) is 30.6 Å². The number of nitrogens with one attached hydrogen (secondary N) is 1. The Morgan fingerprint density at radius 1 is 1.17 bits per heavy atom. The smallest absolute Gasteiger partial charge is 0.339 e. The van der Waals surface area contributed by atoms with E-state index in [0.717, 1.165) is 4.88 Å². The van der Waals surface area contributed by atoms with Gasteiger partial charge in [0, 0.05) is 11.0 Å². The summed E-state index contributed by atoms with van der Waals surface area (Å²) in [6.07, 6.45) is 2.86. The number of rotatable bonds is 6. The van der Waals surface area contributed by atoms with Crippen molar-refractivity contribution in [1.29, 1.82) is 0 Å². The van der Waals surface area contributed by atoms with Gasteiger partial charge >= 0.3 is 11.9 Å². The molecule has 1 N–H and O–H groups in total. The molecule has 1 heterocycles. The van der Waals surface area contributed by atoms with Gasteiger partial charge < -0.3 is 14.8 Å². The normalized spacial score (nSPS) is 10.4. The molecular formula is C17H15NO5S. The summed E-state index contributed by atoms with van der Waals surface area (Å²) in [6, 6.07) is 10.1. The highest BCUT2D eigenvalue weighted by Crippen LogP contribution is 2.16. The standard InChI is InChI=1S/C17H15NO5S/c1-22-17(21)13-6-2-3-7-14(13)18-15(19)11-23-16(20)9-8-12-5-4-10-24-12/h2-10H,11H2,1H3,(H,18,19)/b9-8+. The lowest BCUT2D eigenvalue weighted by atomic mass is 10.2. The van der Waals surface area contributed by atoms with E-state index in [4.69, 9.17) is 4.74 Å². The van der Waals surface area contributed by atoms with Crippen LogP contribution in [0.1, 0.15) is 15.2 Å². The largest absolute Gasteiger partial charge is 0.465 e. The van der Waals surface area contributed by atoms with Gasteiger partial charge in [0.2, 0.25) is 0 Å². The summed E-state index contributed by atoms with van der Waals surface area (Å²) >= 11 is 1.48. The number of amides is 1. The molecular weight excluding hydrogens is 330 g/mol. The molecule has 2 aromatic rings. The number of thiophene rings is 1. The molecule has 0 fully saturated rings. The fraction of sp³-hybridized carbons (Fsp3) is 0.118. The van der Waals surface area contributed by atoms with E-state index in [1.807, 2.05) is 17.5 Å². The quantitative estimate of drug-likeness (QED) is 0.643. The summed E-state index contributed by atoms with van der Waals surface area (Å²) in [5.74, 6) is -1.74. The van der Waals surface area contributed by atoms with Crippen molar-refractivity contribution >= 4 is 40.9 Å². The Kier molecular flexibility index (Phi) is 6.27. The van der Waals surface area contributed by atoms with E-state index >= 15 is 0 Å². The van der Waals surface area contributed by atoms with E-state index in [2.05, 4.69) is 10.1 Å². The van der Waals surface area contributed by atoms with Crippen molar-refractivity contribution in [2.45, 2.75) is 0 Å². The molecule has 124 valence electrons. The third-order valence-electron chi connectivity index (χ3n) is 2.88. The second-order valence-corrected chi connectivity index (χ2v) is 5.52. The summed E-state index contributed by atoms with van der Waals surface area (Å²) in [6.45, 7) is -0.455. The Bertz CT molecular complexity index is 752. The Morgan fingerprint density at radius 2 is 1.96 bits per heavy atom. The highest BCUT2D eigenvalue weighted by atomic mass is 32.1. The van der Waals surface area contributed by atoms with Crippen LogP contribution in [0.3, 0.4) is 0 Å². The summed E-state index contributed by atoms with van der Waals surface area (Å²) in [5.41, 5.74) is 0.511. The number of ether oxygens (including phenoxy) is 2. The van der Waals surface area contributed by atoms with Gasteiger partial charge in [-0.05, 0) is 29.7 Å². The van der Waals surface area contributed by atoms with Crippen molar-refractivity contribution in [2.24, 2.45) is 0 Å². The Morgan fingerprint density at radius 3 is 2.67 bits per heavy atom. The average Bonchev–Trinajstić information content (AvgIpc) is 3.11. The Hall–Kier alpha value is -2.93. The molecule has 0 radical (unpaired) electrons. The van der Waals surface area contributed by atoms with Gasteiger partial charge in [-0.1, -0.05) is 18.2 Å². The monoisotopic (exact) mass is 345 g/mol. The van der Waals surface area contributed by atoms with Crippen LogP contribution in [0.25, 0.3) is 6.08 Å². The third kappa shape index (κ3) is 5.06. The number of esters is 2. The molecule has 1 aromatic heterocycles. The first-order valence-corrected chi connectivity index (χ1v) is 7.83. The van der Waals surface area contributed by atoms with Gasteiger partial charge in [-0.2, -0.15) is 0 Å². The number of anilines is 1. The van der Waals surface area contributed by atoms with Gasteiger partial charge in [-0.25, -0.2) is 9.59 Å². The van der Waals surface area contributed by atoms with Crippen molar-refractivity contribution in [1.82, 2.24) is 0 Å². The lowest BCUT2D eigenvalue weighted by molar-refractivity contribution is -0.142. The molecule has 0 aliphatic carbocycles. The molecule has 0 saturated carbocycles. The van der Waals surface area contributed by atoms with Crippen LogP contribution >= 0.6 is 11.3 Å². The van der Waals surface area contributed by atoms with Crippen LogP contribution in [0.15, 0.2) is 47.9 Å². The van der Waals surface area contributed by atoms with Crippen LogP contribution in [0.4, 0.5) is 5.69 Å². The highest BCUT2D eigenvalue weighted by Gasteiger charge is 2.13. The number of methoxy groups -OCH3 is 1. The molecule has 0 bridgehead atoms. The second-order valence-electron chi connectivity index (χ2n) is 4.54. The predicted octanol–water partition coefficient (Wildman–Crippen LogP) is 2.73. The van der Waals surface area contributed by atoms with Crippen molar-refractivity contribution < 1.29 is 23.9 Å².